The first kappa shape index (κ1) is 19.3. The van der Waals surface area contributed by atoms with Gasteiger partial charge in [-0.15, -0.1) is 11.3 Å². The number of aliphatic imine (C=N–C) groups is 1. The molecule has 6 nitrogen and oxygen atoms in total. The highest BCUT2D eigenvalue weighted by Gasteiger charge is 2.12. The first-order chi connectivity index (χ1) is 13.2. The van der Waals surface area contributed by atoms with E-state index in [4.69, 9.17) is 0 Å². The summed E-state index contributed by atoms with van der Waals surface area (Å²) < 4.78 is 1.15. The van der Waals surface area contributed by atoms with Crippen molar-refractivity contribution in [3.05, 3.63) is 65.3 Å². The Morgan fingerprint density at radius 2 is 1.89 bits per heavy atom. The SMILES string of the molecule is CCNC(=NCC(O)c1cc2ccccc2s1)NCC(O)c1ccncc1. The highest BCUT2D eigenvalue weighted by molar-refractivity contribution is 7.19. The van der Waals surface area contributed by atoms with E-state index in [-0.39, 0.29) is 6.54 Å². The molecule has 0 spiro atoms. The minimum Gasteiger partial charge on any atom is -0.387 e. The van der Waals surface area contributed by atoms with Crippen molar-refractivity contribution in [1.29, 1.82) is 0 Å². The Kier molecular flexibility index (Phi) is 6.75. The van der Waals surface area contributed by atoms with Gasteiger partial charge in [-0.2, -0.15) is 0 Å². The fourth-order valence-electron chi connectivity index (χ4n) is 2.67. The number of hydrogen-bond acceptors (Lipinski definition) is 5. The lowest BCUT2D eigenvalue weighted by atomic mass is 10.1. The van der Waals surface area contributed by atoms with Crippen LogP contribution in [-0.2, 0) is 0 Å². The Morgan fingerprint density at radius 3 is 2.63 bits per heavy atom. The molecule has 0 aliphatic rings. The fraction of sp³-hybridized carbons (Fsp3) is 0.300. The number of fused-ring (bicyclic) bond motifs is 1. The second kappa shape index (κ2) is 9.45. The van der Waals surface area contributed by atoms with Crippen molar-refractivity contribution >= 4 is 27.4 Å². The quantitative estimate of drug-likeness (QED) is 0.371. The first-order valence-corrected chi connectivity index (χ1v) is 9.75. The summed E-state index contributed by atoms with van der Waals surface area (Å²) in [5, 5.41) is 28.1. The normalized spacial score (nSPS) is 14.1. The van der Waals surface area contributed by atoms with Crippen molar-refractivity contribution in [3.63, 3.8) is 0 Å². The molecule has 2 unspecified atom stereocenters. The third-order valence-electron chi connectivity index (χ3n) is 4.09. The van der Waals surface area contributed by atoms with Crippen LogP contribution in [-0.4, -0.2) is 40.8 Å². The molecule has 2 atom stereocenters. The maximum absolute atomic E-state index is 10.5. The molecule has 0 amide bonds. The lowest BCUT2D eigenvalue weighted by molar-refractivity contribution is 0.180. The van der Waals surface area contributed by atoms with Crippen molar-refractivity contribution in [1.82, 2.24) is 15.6 Å². The third kappa shape index (κ3) is 5.26. The predicted molar refractivity (Wildman–Crippen MR) is 110 cm³/mol. The average molecular weight is 385 g/mol. The summed E-state index contributed by atoms with van der Waals surface area (Å²) in [6.45, 7) is 3.22. The molecule has 3 aromatic rings. The average Bonchev–Trinajstić information content (AvgIpc) is 3.14. The number of rotatable bonds is 7. The summed E-state index contributed by atoms with van der Waals surface area (Å²) in [6.07, 6.45) is 1.98. The standard InChI is InChI=1S/C20H24N4O2S/c1-2-22-20(23-12-16(25)14-7-9-21-10-8-14)24-13-17(26)19-11-15-5-3-4-6-18(15)27-19/h3-11,16-17,25-26H,2,12-13H2,1H3,(H2,22,23,24). The molecule has 1 aromatic carbocycles. The molecule has 2 heterocycles. The molecule has 0 bridgehead atoms. The number of aliphatic hydroxyl groups excluding tert-OH is 2. The van der Waals surface area contributed by atoms with Gasteiger partial charge < -0.3 is 20.8 Å². The Bertz CT molecular complexity index is 849. The van der Waals surface area contributed by atoms with Crippen molar-refractivity contribution in [2.45, 2.75) is 19.1 Å². The van der Waals surface area contributed by atoms with Crippen LogP contribution in [0.25, 0.3) is 10.1 Å². The summed E-state index contributed by atoms with van der Waals surface area (Å²) in [6, 6.07) is 13.6. The molecular formula is C20H24N4O2S. The lowest BCUT2D eigenvalue weighted by Gasteiger charge is -2.16. The van der Waals surface area contributed by atoms with Gasteiger partial charge in [-0.1, -0.05) is 18.2 Å². The molecule has 0 aliphatic heterocycles. The van der Waals surface area contributed by atoms with Gasteiger partial charge in [0.05, 0.1) is 12.6 Å². The highest BCUT2D eigenvalue weighted by Crippen LogP contribution is 2.29. The largest absolute Gasteiger partial charge is 0.387 e. The van der Waals surface area contributed by atoms with Gasteiger partial charge in [-0.3, -0.25) is 9.98 Å². The van der Waals surface area contributed by atoms with Crippen molar-refractivity contribution in [2.75, 3.05) is 19.6 Å². The Labute approximate surface area is 162 Å². The summed E-state index contributed by atoms with van der Waals surface area (Å²) in [5.41, 5.74) is 0.790. The maximum atomic E-state index is 10.5. The van der Waals surface area contributed by atoms with Crippen LogP contribution in [0.15, 0.2) is 59.9 Å². The zero-order valence-corrected chi connectivity index (χ0v) is 16.0. The molecule has 4 N–H and O–H groups in total. The van der Waals surface area contributed by atoms with Gasteiger partial charge >= 0.3 is 0 Å². The van der Waals surface area contributed by atoms with Crippen LogP contribution in [0.5, 0.6) is 0 Å². The molecule has 7 heteroatoms. The summed E-state index contributed by atoms with van der Waals surface area (Å²) in [5.74, 6) is 0.561. The minimum absolute atomic E-state index is 0.244. The summed E-state index contributed by atoms with van der Waals surface area (Å²) in [7, 11) is 0. The van der Waals surface area contributed by atoms with E-state index in [1.165, 1.54) is 0 Å². The van der Waals surface area contributed by atoms with E-state index in [0.29, 0.717) is 19.0 Å². The molecule has 3 rings (SSSR count). The van der Waals surface area contributed by atoms with Gasteiger partial charge in [0, 0.05) is 35.1 Å². The van der Waals surface area contributed by atoms with E-state index in [0.717, 1.165) is 20.5 Å². The van der Waals surface area contributed by atoms with Crippen molar-refractivity contribution in [2.24, 2.45) is 4.99 Å². The van der Waals surface area contributed by atoms with Crippen LogP contribution >= 0.6 is 11.3 Å². The van der Waals surface area contributed by atoms with E-state index in [9.17, 15) is 10.2 Å². The number of benzene rings is 1. The topological polar surface area (TPSA) is 89.8 Å². The molecule has 142 valence electrons. The van der Waals surface area contributed by atoms with E-state index < -0.39 is 12.2 Å². The number of thiophene rings is 1. The number of nitrogens with one attached hydrogen (secondary N) is 2. The van der Waals surface area contributed by atoms with Crippen molar-refractivity contribution in [3.8, 4) is 0 Å². The van der Waals surface area contributed by atoms with Crippen LogP contribution in [0.2, 0.25) is 0 Å². The fourth-order valence-corrected chi connectivity index (χ4v) is 3.71. The van der Waals surface area contributed by atoms with Gasteiger partial charge in [-0.05, 0) is 42.1 Å². The predicted octanol–water partition coefficient (Wildman–Crippen LogP) is 2.62. The van der Waals surface area contributed by atoms with Gasteiger partial charge in [0.25, 0.3) is 0 Å². The molecular weight excluding hydrogens is 360 g/mol. The molecule has 0 saturated carbocycles. The molecule has 0 saturated heterocycles. The maximum Gasteiger partial charge on any atom is 0.191 e. The molecule has 27 heavy (non-hydrogen) atoms. The van der Waals surface area contributed by atoms with Crippen LogP contribution in [0.4, 0.5) is 0 Å². The zero-order valence-electron chi connectivity index (χ0n) is 15.2. The number of aliphatic hydroxyl groups is 2. The number of guanidine groups is 1. The third-order valence-corrected chi connectivity index (χ3v) is 5.31. The van der Waals surface area contributed by atoms with Gasteiger partial charge in [0.15, 0.2) is 5.96 Å². The van der Waals surface area contributed by atoms with Crippen LogP contribution in [0.1, 0.15) is 29.6 Å². The summed E-state index contributed by atoms with van der Waals surface area (Å²) in [4.78, 5) is 9.30. The summed E-state index contributed by atoms with van der Waals surface area (Å²) >= 11 is 1.58. The minimum atomic E-state index is -0.664. The number of pyridine rings is 1. The van der Waals surface area contributed by atoms with Crippen LogP contribution in [0, 0.1) is 0 Å². The van der Waals surface area contributed by atoms with E-state index in [1.807, 2.05) is 37.3 Å². The van der Waals surface area contributed by atoms with Crippen LogP contribution < -0.4 is 10.6 Å². The Hall–Kier alpha value is -2.48. The number of nitrogens with zero attached hydrogens (tertiary/aromatic N) is 2. The molecule has 0 radical (unpaired) electrons. The smallest absolute Gasteiger partial charge is 0.191 e. The highest BCUT2D eigenvalue weighted by atomic mass is 32.1. The second-order valence-electron chi connectivity index (χ2n) is 6.10. The Balaban J connectivity index is 1.60. The second-order valence-corrected chi connectivity index (χ2v) is 7.21. The molecule has 0 fully saturated rings. The van der Waals surface area contributed by atoms with Crippen LogP contribution in [0.3, 0.4) is 0 Å². The monoisotopic (exact) mass is 384 g/mol. The van der Waals surface area contributed by atoms with E-state index in [1.54, 1.807) is 35.9 Å². The van der Waals surface area contributed by atoms with Gasteiger partial charge in [0.2, 0.25) is 0 Å². The first-order valence-electron chi connectivity index (χ1n) is 8.94. The zero-order chi connectivity index (χ0) is 19.1. The van der Waals surface area contributed by atoms with Gasteiger partial charge in [0.1, 0.15) is 6.10 Å². The number of hydrogen-bond donors (Lipinski definition) is 4. The van der Waals surface area contributed by atoms with E-state index in [2.05, 4.69) is 20.6 Å². The number of aromatic nitrogens is 1. The van der Waals surface area contributed by atoms with Gasteiger partial charge in [-0.25, -0.2) is 0 Å². The van der Waals surface area contributed by atoms with E-state index >= 15 is 0 Å². The van der Waals surface area contributed by atoms with Crippen molar-refractivity contribution < 1.29 is 10.2 Å². The Morgan fingerprint density at radius 1 is 1.11 bits per heavy atom. The molecule has 2 aromatic heterocycles. The lowest BCUT2D eigenvalue weighted by Crippen LogP contribution is -2.39. The molecule has 0 aliphatic carbocycles.